The summed E-state index contributed by atoms with van der Waals surface area (Å²) in [5.74, 6) is -1.45. The molecular weight excluding hydrogens is 199 g/mol. The molecule has 0 spiro atoms. The predicted molar refractivity (Wildman–Crippen MR) is 42.8 cm³/mol. The van der Waals surface area contributed by atoms with Crippen LogP contribution < -0.4 is 0 Å². The van der Waals surface area contributed by atoms with E-state index in [9.17, 15) is 18.0 Å². The molecule has 0 amide bonds. The number of hydrogen-bond donors (Lipinski definition) is 1. The summed E-state index contributed by atoms with van der Waals surface area (Å²) >= 11 is 0. The third-order valence-electron chi connectivity index (χ3n) is 2.44. The maximum absolute atomic E-state index is 12.8. The highest BCUT2D eigenvalue weighted by Gasteiger charge is 2.32. The fourth-order valence-corrected chi connectivity index (χ4v) is 1.55. The molecule has 0 radical (unpaired) electrons. The second-order valence-electron chi connectivity index (χ2n) is 3.36. The maximum Gasteiger partial charge on any atom is 0.306 e. The third-order valence-corrected chi connectivity index (χ3v) is 2.44. The maximum atomic E-state index is 12.8. The van der Waals surface area contributed by atoms with Crippen molar-refractivity contribution >= 4 is 5.97 Å². The SMILES string of the molecule is O=C(O)C1CCN(C(F)C(F)F)CC1. The second kappa shape index (κ2) is 4.63. The van der Waals surface area contributed by atoms with Crippen molar-refractivity contribution in [2.24, 2.45) is 5.92 Å². The van der Waals surface area contributed by atoms with E-state index in [-0.39, 0.29) is 25.9 Å². The first kappa shape index (κ1) is 11.3. The van der Waals surface area contributed by atoms with Gasteiger partial charge in [-0.1, -0.05) is 0 Å². The van der Waals surface area contributed by atoms with Crippen LogP contribution in [-0.4, -0.2) is 41.8 Å². The number of piperidine rings is 1. The highest BCUT2D eigenvalue weighted by molar-refractivity contribution is 5.70. The average molecular weight is 211 g/mol. The van der Waals surface area contributed by atoms with Crippen LogP contribution in [0.5, 0.6) is 0 Å². The van der Waals surface area contributed by atoms with Crippen LogP contribution in [0.25, 0.3) is 0 Å². The number of carboxylic acids is 1. The summed E-state index contributed by atoms with van der Waals surface area (Å²) in [6.07, 6.45) is -4.80. The summed E-state index contributed by atoms with van der Waals surface area (Å²) in [5, 5.41) is 8.61. The Bertz CT molecular complexity index is 205. The number of nitrogens with zero attached hydrogens (tertiary/aromatic N) is 1. The van der Waals surface area contributed by atoms with Crippen LogP contribution in [0.2, 0.25) is 0 Å². The zero-order valence-corrected chi connectivity index (χ0v) is 7.50. The van der Waals surface area contributed by atoms with Gasteiger partial charge in [0, 0.05) is 13.1 Å². The van der Waals surface area contributed by atoms with Gasteiger partial charge in [0.25, 0.3) is 6.43 Å². The Morgan fingerprint density at radius 3 is 2.14 bits per heavy atom. The Kier molecular flexibility index (Phi) is 3.74. The minimum Gasteiger partial charge on any atom is -0.481 e. The van der Waals surface area contributed by atoms with Crippen LogP contribution in [0.4, 0.5) is 13.2 Å². The van der Waals surface area contributed by atoms with E-state index in [1.54, 1.807) is 0 Å². The van der Waals surface area contributed by atoms with Gasteiger partial charge in [0.1, 0.15) is 0 Å². The molecule has 1 unspecified atom stereocenters. The predicted octanol–water partition coefficient (Wildman–Crippen LogP) is 1.34. The molecule has 6 heteroatoms. The number of hydrogen-bond acceptors (Lipinski definition) is 2. The van der Waals surface area contributed by atoms with Gasteiger partial charge in [0.15, 0.2) is 0 Å². The van der Waals surface area contributed by atoms with Crippen molar-refractivity contribution in [3.63, 3.8) is 0 Å². The van der Waals surface area contributed by atoms with Gasteiger partial charge in [-0.25, -0.2) is 13.2 Å². The monoisotopic (exact) mass is 211 g/mol. The van der Waals surface area contributed by atoms with Crippen molar-refractivity contribution in [2.45, 2.75) is 25.6 Å². The molecule has 1 saturated heterocycles. The standard InChI is InChI=1S/C8H12F3NO2/c9-6(10)7(11)12-3-1-5(2-4-12)8(13)14/h5-7H,1-4H2,(H,13,14). The zero-order chi connectivity index (χ0) is 10.7. The topological polar surface area (TPSA) is 40.5 Å². The van der Waals surface area contributed by atoms with Crippen molar-refractivity contribution in [1.82, 2.24) is 4.90 Å². The van der Waals surface area contributed by atoms with E-state index in [0.717, 1.165) is 4.90 Å². The fraction of sp³-hybridized carbons (Fsp3) is 0.875. The number of halogens is 3. The van der Waals surface area contributed by atoms with Gasteiger partial charge in [0.2, 0.25) is 6.30 Å². The first-order valence-electron chi connectivity index (χ1n) is 4.41. The van der Waals surface area contributed by atoms with Crippen LogP contribution in [-0.2, 0) is 4.79 Å². The van der Waals surface area contributed by atoms with Gasteiger partial charge in [-0.3, -0.25) is 9.69 Å². The number of aliphatic carboxylic acids is 1. The third kappa shape index (κ3) is 2.60. The van der Waals surface area contributed by atoms with Crippen molar-refractivity contribution in [1.29, 1.82) is 0 Å². The number of carbonyl (C=O) groups is 1. The zero-order valence-electron chi connectivity index (χ0n) is 7.50. The van der Waals surface area contributed by atoms with E-state index >= 15 is 0 Å². The van der Waals surface area contributed by atoms with Crippen LogP contribution in [0.3, 0.4) is 0 Å². The molecule has 82 valence electrons. The molecule has 0 aromatic rings. The number of likely N-dealkylation sites (tertiary alicyclic amines) is 1. The molecule has 1 heterocycles. The molecule has 1 aliphatic rings. The molecule has 0 bridgehead atoms. The molecule has 0 aromatic carbocycles. The van der Waals surface area contributed by atoms with E-state index in [1.165, 1.54) is 0 Å². The van der Waals surface area contributed by atoms with E-state index in [2.05, 4.69) is 0 Å². The summed E-state index contributed by atoms with van der Waals surface area (Å²) < 4.78 is 36.6. The van der Waals surface area contributed by atoms with Gasteiger partial charge in [-0.15, -0.1) is 0 Å². The Morgan fingerprint density at radius 2 is 1.79 bits per heavy atom. The molecule has 1 rings (SSSR count). The fourth-order valence-electron chi connectivity index (χ4n) is 1.55. The van der Waals surface area contributed by atoms with Gasteiger partial charge in [0.05, 0.1) is 5.92 Å². The lowest BCUT2D eigenvalue weighted by Crippen LogP contribution is -2.43. The van der Waals surface area contributed by atoms with Crippen LogP contribution in [0.15, 0.2) is 0 Å². The lowest BCUT2D eigenvalue weighted by molar-refractivity contribution is -0.144. The molecule has 14 heavy (non-hydrogen) atoms. The Labute approximate surface area is 79.5 Å². The molecule has 1 aliphatic heterocycles. The minimum absolute atomic E-state index is 0.0858. The van der Waals surface area contributed by atoms with E-state index < -0.39 is 24.6 Å². The van der Waals surface area contributed by atoms with Gasteiger partial charge in [-0.2, -0.15) is 0 Å². The van der Waals surface area contributed by atoms with Crippen molar-refractivity contribution < 1.29 is 23.1 Å². The van der Waals surface area contributed by atoms with Crippen molar-refractivity contribution in [2.75, 3.05) is 13.1 Å². The minimum atomic E-state index is -3.02. The van der Waals surface area contributed by atoms with Crippen LogP contribution in [0, 0.1) is 5.92 Å². The smallest absolute Gasteiger partial charge is 0.306 e. The largest absolute Gasteiger partial charge is 0.481 e. The summed E-state index contributed by atoms with van der Waals surface area (Å²) in [7, 11) is 0. The summed E-state index contributed by atoms with van der Waals surface area (Å²) in [5.41, 5.74) is 0. The quantitative estimate of drug-likeness (QED) is 0.716. The van der Waals surface area contributed by atoms with Crippen LogP contribution in [0.1, 0.15) is 12.8 Å². The molecule has 0 saturated carbocycles. The lowest BCUT2D eigenvalue weighted by atomic mass is 9.97. The van der Waals surface area contributed by atoms with Gasteiger partial charge >= 0.3 is 5.97 Å². The highest BCUT2D eigenvalue weighted by Crippen LogP contribution is 2.21. The Hall–Kier alpha value is -0.780. The lowest BCUT2D eigenvalue weighted by Gasteiger charge is -2.31. The molecule has 1 fully saturated rings. The average Bonchev–Trinajstić information content (AvgIpc) is 2.16. The van der Waals surface area contributed by atoms with E-state index in [0.29, 0.717) is 0 Å². The molecule has 0 aliphatic carbocycles. The molecule has 0 aromatic heterocycles. The molecule has 1 atom stereocenters. The molecule has 3 nitrogen and oxygen atoms in total. The van der Waals surface area contributed by atoms with Gasteiger partial charge < -0.3 is 5.11 Å². The Morgan fingerprint density at radius 1 is 1.29 bits per heavy atom. The summed E-state index contributed by atoms with van der Waals surface area (Å²) in [4.78, 5) is 11.5. The number of alkyl halides is 3. The first-order valence-corrected chi connectivity index (χ1v) is 4.41. The first-order chi connectivity index (χ1) is 6.52. The van der Waals surface area contributed by atoms with E-state index in [4.69, 9.17) is 5.11 Å². The number of carboxylic acid groups (broad SMARTS) is 1. The highest BCUT2D eigenvalue weighted by atomic mass is 19.3. The normalized spacial score (nSPS) is 22.6. The molecular formula is C8H12F3NO2. The van der Waals surface area contributed by atoms with Crippen molar-refractivity contribution in [3.05, 3.63) is 0 Å². The second-order valence-corrected chi connectivity index (χ2v) is 3.36. The summed E-state index contributed by atoms with van der Waals surface area (Å²) in [6.45, 7) is 0.172. The summed E-state index contributed by atoms with van der Waals surface area (Å²) in [6, 6.07) is 0. The van der Waals surface area contributed by atoms with Crippen molar-refractivity contribution in [3.8, 4) is 0 Å². The molecule has 1 N–H and O–H groups in total. The van der Waals surface area contributed by atoms with Gasteiger partial charge in [-0.05, 0) is 12.8 Å². The van der Waals surface area contributed by atoms with E-state index in [1.807, 2.05) is 0 Å². The van der Waals surface area contributed by atoms with Crippen LogP contribution >= 0.6 is 0 Å². The number of rotatable bonds is 3. The Balaban J connectivity index is 2.39.